The number of Topliss-reactive ketones (excluding diaryl/α,β-unsaturated/α-hetero) is 1. The van der Waals surface area contributed by atoms with Crippen LogP contribution < -0.4 is 0 Å². The van der Waals surface area contributed by atoms with Crippen molar-refractivity contribution in [1.29, 1.82) is 0 Å². The molecule has 8 aliphatic rings. The SMILES string of the molecule is CO[C@H]1[C@@H](O)[C@H](O[C@H]2[C@@H](OC)C[C@H](O[C@H]3[C@@H](OC)C[C@H](O[C@H]4CC[C@@]5(C)C(=CC[C@@H]6[C@@H]5[C@H](O)[C@@H](O)[C@]5(C)[C@@H](C(C)=O)CC[C@]65O)C4)O[C@@H]3C)O[C@@H]2C)O[C@H](C)[C@H]1O[C@@H]1O[C@H](CO)[C@@H](O)[C@H](O)[C@H]1O. The molecule has 0 amide bonds. The van der Waals surface area contributed by atoms with E-state index in [1.54, 1.807) is 35.0 Å². The van der Waals surface area contributed by atoms with Crippen LogP contribution in [0.4, 0.5) is 0 Å². The number of methoxy groups -OCH3 is 3. The molecule has 0 spiro atoms. The van der Waals surface area contributed by atoms with Gasteiger partial charge in [-0.3, -0.25) is 4.79 Å². The van der Waals surface area contributed by atoms with Gasteiger partial charge in [0, 0.05) is 51.4 Å². The highest BCUT2D eigenvalue weighted by Gasteiger charge is 2.73. The fourth-order valence-corrected chi connectivity index (χ4v) is 13.9. The van der Waals surface area contributed by atoms with Gasteiger partial charge in [-0.2, -0.15) is 0 Å². The van der Waals surface area contributed by atoms with Crippen LogP contribution in [0.15, 0.2) is 11.6 Å². The number of aliphatic hydroxyl groups is 8. The molecule has 8 rings (SSSR count). The number of allylic oxidation sites excluding steroid dienone is 1. The summed E-state index contributed by atoms with van der Waals surface area (Å²) >= 11 is 0. The van der Waals surface area contributed by atoms with Gasteiger partial charge in [-0.05, 0) is 77.6 Å². The van der Waals surface area contributed by atoms with Crippen molar-refractivity contribution in [3.05, 3.63) is 11.6 Å². The Labute approximate surface area is 398 Å². The Morgan fingerprint density at radius 2 is 1.28 bits per heavy atom. The third kappa shape index (κ3) is 8.99. The van der Waals surface area contributed by atoms with E-state index in [-0.39, 0.29) is 30.1 Å². The van der Waals surface area contributed by atoms with Crippen molar-refractivity contribution < 1.29 is 97.8 Å². The Bertz CT molecular complexity index is 1770. The monoisotopic (exact) mass is 975 g/mol. The highest BCUT2D eigenvalue weighted by molar-refractivity contribution is 5.80. The van der Waals surface area contributed by atoms with E-state index in [0.717, 1.165) is 5.57 Å². The Hall–Kier alpha value is -1.35. The highest BCUT2D eigenvalue weighted by atomic mass is 16.8. The summed E-state index contributed by atoms with van der Waals surface area (Å²) < 4.78 is 67.6. The number of carbonyl (C=O) groups is 1. The third-order valence-electron chi connectivity index (χ3n) is 17.8. The van der Waals surface area contributed by atoms with Crippen molar-refractivity contribution >= 4 is 5.78 Å². The molecule has 4 heterocycles. The summed E-state index contributed by atoms with van der Waals surface area (Å²) in [6.45, 7) is 10.2. The first-order valence-electron chi connectivity index (χ1n) is 24.6. The van der Waals surface area contributed by atoms with Crippen molar-refractivity contribution in [2.45, 2.75) is 227 Å². The van der Waals surface area contributed by atoms with E-state index < -0.39 is 152 Å². The van der Waals surface area contributed by atoms with E-state index in [2.05, 4.69) is 13.0 Å². The Morgan fingerprint density at radius 3 is 1.88 bits per heavy atom. The average molecular weight is 975 g/mol. The normalized spacial score (nSPS) is 54.0. The molecule has 4 aliphatic heterocycles. The number of fused-ring (bicyclic) bond motifs is 5. The van der Waals surface area contributed by atoms with E-state index in [0.29, 0.717) is 44.9 Å². The molecule has 0 bridgehead atoms. The average Bonchev–Trinajstić information content (AvgIpc) is 3.60. The topological polar surface area (TPSA) is 280 Å². The predicted molar refractivity (Wildman–Crippen MR) is 234 cm³/mol. The highest BCUT2D eigenvalue weighted by Crippen LogP contribution is 2.68. The maximum atomic E-state index is 12.7. The summed E-state index contributed by atoms with van der Waals surface area (Å²) in [5.74, 6) is -1.26. The minimum Gasteiger partial charge on any atom is -0.394 e. The second-order valence-corrected chi connectivity index (χ2v) is 21.3. The lowest BCUT2D eigenvalue weighted by atomic mass is 9.44. The summed E-state index contributed by atoms with van der Waals surface area (Å²) in [5, 5.41) is 88.1. The largest absolute Gasteiger partial charge is 0.394 e. The van der Waals surface area contributed by atoms with Gasteiger partial charge in [-0.15, -0.1) is 0 Å². The number of hydrogen-bond acceptors (Lipinski definition) is 20. The van der Waals surface area contributed by atoms with Crippen LogP contribution in [-0.2, 0) is 56.9 Å². The van der Waals surface area contributed by atoms with E-state index >= 15 is 0 Å². The number of ketones is 1. The quantitative estimate of drug-likeness (QED) is 0.113. The molecule has 7 fully saturated rings. The molecule has 20 nitrogen and oxygen atoms in total. The third-order valence-corrected chi connectivity index (χ3v) is 17.8. The zero-order valence-electron chi connectivity index (χ0n) is 40.8. The van der Waals surface area contributed by atoms with E-state index in [4.69, 9.17) is 52.1 Å². The maximum Gasteiger partial charge on any atom is 0.187 e. The van der Waals surface area contributed by atoms with Crippen LogP contribution in [0.25, 0.3) is 0 Å². The first-order chi connectivity index (χ1) is 32.2. The number of rotatable bonds is 13. The van der Waals surface area contributed by atoms with Crippen LogP contribution in [0, 0.1) is 28.6 Å². The van der Waals surface area contributed by atoms with Crippen LogP contribution in [0.5, 0.6) is 0 Å². The van der Waals surface area contributed by atoms with Gasteiger partial charge < -0.3 is 93.0 Å². The zero-order chi connectivity index (χ0) is 49.4. The first kappa shape index (κ1) is 53.0. The molecule has 4 saturated heterocycles. The zero-order valence-corrected chi connectivity index (χ0v) is 40.8. The maximum absolute atomic E-state index is 12.7. The first-order valence-corrected chi connectivity index (χ1v) is 24.6. The van der Waals surface area contributed by atoms with Gasteiger partial charge in [0.05, 0.1) is 61.0 Å². The van der Waals surface area contributed by atoms with Gasteiger partial charge in [0.1, 0.15) is 60.7 Å². The number of hydrogen-bond donors (Lipinski definition) is 8. The fourth-order valence-electron chi connectivity index (χ4n) is 13.9. The fraction of sp³-hybridized carbons (Fsp3) is 0.938. The standard InChI is InChI=1S/C48H78O20/c1-20(50)26-13-15-48(57)27-11-10-24-16-25(12-14-46(24,5)33(27)35(52)43(56)47(26,48)6)64-31-17-28(58-7)39(21(2)61-31)66-32-18-29(59-8)40(22(3)62-32)67-45-38(55)42(60-9)41(23(4)63-45)68-44-37(54)36(53)34(51)30(19-49)65-44/h10,21-23,25-45,49,51-57H,11-19H2,1-9H3/t21-,22-,23-,25+,26-,27-,28+,29+,30-,31+,32+,33-,34-,35+,36+,37-,38-,39-,40-,41-,42+,43-,44+,45+,46+,47+,48+/m1/s1. The molecule has 3 saturated carbocycles. The Kier molecular flexibility index (Phi) is 16.0. The Balaban J connectivity index is 0.855. The van der Waals surface area contributed by atoms with Gasteiger partial charge in [0.2, 0.25) is 0 Å². The van der Waals surface area contributed by atoms with Crippen LogP contribution in [-0.4, -0.2) is 209 Å². The molecule has 0 aromatic carbocycles. The molecule has 68 heavy (non-hydrogen) atoms. The summed E-state index contributed by atoms with van der Waals surface area (Å²) in [5.41, 5.74) is -1.74. The number of carbonyl (C=O) groups excluding carboxylic acids is 1. The molecule has 0 aromatic heterocycles. The molecule has 0 unspecified atom stereocenters. The van der Waals surface area contributed by atoms with Gasteiger partial charge in [0.25, 0.3) is 0 Å². The van der Waals surface area contributed by atoms with Crippen LogP contribution >= 0.6 is 0 Å². The van der Waals surface area contributed by atoms with E-state index in [1.807, 2.05) is 6.92 Å². The van der Waals surface area contributed by atoms with Gasteiger partial charge in [-0.25, -0.2) is 0 Å². The smallest absolute Gasteiger partial charge is 0.187 e. The van der Waals surface area contributed by atoms with Crippen LogP contribution in [0.2, 0.25) is 0 Å². The van der Waals surface area contributed by atoms with Crippen LogP contribution in [0.3, 0.4) is 0 Å². The van der Waals surface area contributed by atoms with Gasteiger partial charge in [0.15, 0.2) is 25.2 Å². The lowest BCUT2D eigenvalue weighted by Crippen LogP contribution is -2.71. The molecule has 390 valence electrons. The van der Waals surface area contributed by atoms with E-state index in [1.165, 1.54) is 14.0 Å². The van der Waals surface area contributed by atoms with Crippen molar-refractivity contribution in [2.75, 3.05) is 27.9 Å². The minimum atomic E-state index is -1.67. The minimum absolute atomic E-state index is 0.0666. The van der Waals surface area contributed by atoms with Crippen molar-refractivity contribution in [1.82, 2.24) is 0 Å². The molecule has 4 aliphatic carbocycles. The molecule has 27 atom stereocenters. The summed E-state index contributed by atoms with van der Waals surface area (Å²) in [4.78, 5) is 12.7. The summed E-state index contributed by atoms with van der Waals surface area (Å²) in [7, 11) is 4.53. The van der Waals surface area contributed by atoms with Gasteiger partial charge in [-0.1, -0.05) is 25.5 Å². The second kappa shape index (κ2) is 20.5. The van der Waals surface area contributed by atoms with Crippen molar-refractivity contribution in [2.24, 2.45) is 28.6 Å². The molecule has 0 radical (unpaired) electrons. The summed E-state index contributed by atoms with van der Waals surface area (Å²) in [6.07, 6.45) is -14.1. The second-order valence-electron chi connectivity index (χ2n) is 21.3. The number of ether oxygens (including phenoxy) is 11. The lowest BCUT2D eigenvalue weighted by Gasteiger charge is -2.64. The summed E-state index contributed by atoms with van der Waals surface area (Å²) in [6, 6.07) is 0. The predicted octanol–water partition coefficient (Wildman–Crippen LogP) is -0.0279. The van der Waals surface area contributed by atoms with E-state index in [9.17, 15) is 45.6 Å². The van der Waals surface area contributed by atoms with Crippen LogP contribution in [0.1, 0.15) is 92.9 Å². The molecular weight excluding hydrogens is 897 g/mol. The lowest BCUT2D eigenvalue weighted by molar-refractivity contribution is -0.373. The Morgan fingerprint density at radius 1 is 0.691 bits per heavy atom. The molecular formula is C48H78O20. The number of aliphatic hydroxyl groups excluding tert-OH is 7. The molecule has 8 N–H and O–H groups in total. The molecule has 20 heteroatoms. The van der Waals surface area contributed by atoms with Crippen molar-refractivity contribution in [3.63, 3.8) is 0 Å². The van der Waals surface area contributed by atoms with Crippen molar-refractivity contribution in [3.8, 4) is 0 Å². The molecule has 0 aromatic rings. The van der Waals surface area contributed by atoms with Gasteiger partial charge >= 0.3 is 0 Å².